The van der Waals surface area contributed by atoms with E-state index in [0.29, 0.717) is 6.61 Å². The highest BCUT2D eigenvalue weighted by Crippen LogP contribution is 2.18. The van der Waals surface area contributed by atoms with Gasteiger partial charge in [-0.1, -0.05) is 156 Å². The molecule has 2 heteroatoms. The van der Waals surface area contributed by atoms with Crippen molar-refractivity contribution in [2.75, 3.05) is 11.9 Å². The molecule has 1 N–H and O–H groups in total. The van der Waals surface area contributed by atoms with E-state index in [1.165, 1.54) is 176 Å². The Labute approximate surface area is 421 Å². The summed E-state index contributed by atoms with van der Waals surface area (Å²) in [6.07, 6.45) is 56.6. The van der Waals surface area contributed by atoms with Gasteiger partial charge < -0.3 is 5.11 Å². The topological polar surface area (TPSA) is 20.2 Å². The van der Waals surface area contributed by atoms with Crippen molar-refractivity contribution in [1.82, 2.24) is 0 Å². The van der Waals surface area contributed by atoms with Gasteiger partial charge in [-0.2, -0.15) is 0 Å². The highest BCUT2D eigenvalue weighted by molar-refractivity contribution is 9.09. The first-order chi connectivity index (χ1) is 31.5. The summed E-state index contributed by atoms with van der Waals surface area (Å²) in [5, 5.41) is 10.0. The molecule has 0 bridgehead atoms. The van der Waals surface area contributed by atoms with Crippen LogP contribution in [-0.2, 0) is 0 Å². The summed E-state index contributed by atoms with van der Waals surface area (Å²) in [4.78, 5) is 0. The van der Waals surface area contributed by atoms with Gasteiger partial charge in [0.05, 0.1) is 0 Å². The summed E-state index contributed by atoms with van der Waals surface area (Å²) in [7, 11) is 0. The number of allylic oxidation sites excluding steroid dienone is 24. The number of rotatable bonds is 36. The molecule has 0 aromatic carbocycles. The summed E-state index contributed by atoms with van der Waals surface area (Å²) < 4.78 is 0. The second kappa shape index (κ2) is 46.1. The van der Waals surface area contributed by atoms with Crippen LogP contribution in [-0.4, -0.2) is 17.0 Å². The third-order valence-electron chi connectivity index (χ3n) is 12.1. The summed E-state index contributed by atoms with van der Waals surface area (Å²) in [5.41, 5.74) is 18.0. The van der Waals surface area contributed by atoms with E-state index in [-0.39, 0.29) is 0 Å². The molecule has 0 spiro atoms. The van der Waals surface area contributed by atoms with Crippen LogP contribution in [0.25, 0.3) is 0 Å². The minimum atomic E-state index is 0.293. The maximum atomic E-state index is 8.90. The number of unbranched alkanes of at least 4 members (excludes halogenated alkanes) is 2. The summed E-state index contributed by atoms with van der Waals surface area (Å²) in [6, 6.07) is 0. The number of aliphatic hydroxyl groups excluding tert-OH is 1. The average molecular weight is 972 g/mol. The van der Waals surface area contributed by atoms with Gasteiger partial charge in [0.1, 0.15) is 0 Å². The SMILES string of the molecule is CC(C)=CCCC(C)=CCCC(C)=CCCC=C(C)CCC=C(C)CCC=C(C)CCCBr.CC(C)=CCCC(C)=CCCC(C)=CCCC=C(C)CCC=C(C)CCC=C(C)CCCO. The second-order valence-electron chi connectivity index (χ2n) is 20.2. The van der Waals surface area contributed by atoms with Gasteiger partial charge in [0, 0.05) is 11.9 Å². The molecule has 0 rings (SSSR count). The van der Waals surface area contributed by atoms with Crippen LogP contribution >= 0.6 is 15.9 Å². The Kier molecular flexibility index (Phi) is 45.7. The van der Waals surface area contributed by atoms with E-state index in [4.69, 9.17) is 5.11 Å². The molecule has 0 fully saturated rings. The third kappa shape index (κ3) is 49.2. The predicted molar refractivity (Wildman–Crippen MR) is 308 cm³/mol. The van der Waals surface area contributed by atoms with Crippen molar-refractivity contribution >= 4 is 15.9 Å². The van der Waals surface area contributed by atoms with E-state index in [9.17, 15) is 0 Å². The van der Waals surface area contributed by atoms with Crippen LogP contribution in [0, 0.1) is 0 Å². The maximum Gasteiger partial charge on any atom is 0.0434 e. The van der Waals surface area contributed by atoms with Crippen molar-refractivity contribution in [1.29, 1.82) is 0 Å². The van der Waals surface area contributed by atoms with E-state index in [1.54, 1.807) is 0 Å². The lowest BCUT2D eigenvalue weighted by Crippen LogP contribution is -1.85. The Morgan fingerprint density at radius 2 is 0.439 bits per heavy atom. The van der Waals surface area contributed by atoms with Crippen LogP contribution in [0.1, 0.15) is 251 Å². The molecule has 0 aromatic rings. The lowest BCUT2D eigenvalue weighted by atomic mass is 10.0. The smallest absolute Gasteiger partial charge is 0.0434 e. The molecule has 0 saturated heterocycles. The molecule has 0 radical (unpaired) electrons. The van der Waals surface area contributed by atoms with Gasteiger partial charge in [-0.25, -0.2) is 0 Å². The molecule has 0 atom stereocenters. The van der Waals surface area contributed by atoms with Crippen molar-refractivity contribution in [3.05, 3.63) is 140 Å². The Hall–Kier alpha value is -2.68. The van der Waals surface area contributed by atoms with E-state index >= 15 is 0 Å². The van der Waals surface area contributed by atoms with Crippen molar-refractivity contribution < 1.29 is 5.11 Å². The molecule has 1 nitrogen and oxygen atoms in total. The van der Waals surface area contributed by atoms with Gasteiger partial charge in [0.2, 0.25) is 0 Å². The van der Waals surface area contributed by atoms with Crippen LogP contribution in [0.5, 0.6) is 0 Å². The second-order valence-corrected chi connectivity index (χ2v) is 20.9. The van der Waals surface area contributed by atoms with Crippen molar-refractivity contribution in [2.24, 2.45) is 0 Å². The Balaban J connectivity index is 0. The van der Waals surface area contributed by atoms with Gasteiger partial charge in [-0.3, -0.25) is 0 Å². The molecule has 0 aliphatic carbocycles. The number of halogens is 1. The highest BCUT2D eigenvalue weighted by Gasteiger charge is 1.98. The van der Waals surface area contributed by atoms with E-state index in [2.05, 4.69) is 186 Å². The molecule has 0 amide bonds. The summed E-state index contributed by atoms with van der Waals surface area (Å²) >= 11 is 3.51. The van der Waals surface area contributed by atoms with Crippen LogP contribution in [0.15, 0.2) is 140 Å². The molecule has 0 aliphatic rings. The Morgan fingerprint density at radius 1 is 0.258 bits per heavy atom. The standard InChI is InChI=1S/C32H53Br.C32H54O/c2*1-27(2)15-10-18-30(5)21-11-19-28(3)16-8-9-17-29(4)20-12-22-31(6)23-13-24-32(7)25-14-26-33/h15-17,21-22,24H,8-14,18-20,23,25-26H2,1-7H3;15-17,21-22,24,33H,8-14,18-20,23,25-26H2,1-7H3. The summed E-state index contributed by atoms with van der Waals surface area (Å²) in [5.74, 6) is 0. The maximum absolute atomic E-state index is 8.90. The quantitative estimate of drug-likeness (QED) is 0.0377. The van der Waals surface area contributed by atoms with Crippen LogP contribution in [0.2, 0.25) is 0 Å². The van der Waals surface area contributed by atoms with Crippen molar-refractivity contribution in [3.8, 4) is 0 Å². The molecule has 0 unspecified atom stereocenters. The van der Waals surface area contributed by atoms with Crippen LogP contribution in [0.3, 0.4) is 0 Å². The molecule has 0 aliphatic heterocycles. The molecule has 0 aromatic heterocycles. The first-order valence-electron chi connectivity index (χ1n) is 26.5. The van der Waals surface area contributed by atoms with Gasteiger partial charge in [0.25, 0.3) is 0 Å². The first kappa shape index (κ1) is 65.4. The van der Waals surface area contributed by atoms with E-state index < -0.39 is 0 Å². The van der Waals surface area contributed by atoms with Crippen LogP contribution < -0.4 is 0 Å². The molecular weight excluding hydrogens is 865 g/mol. The number of hydrogen-bond donors (Lipinski definition) is 1. The van der Waals surface area contributed by atoms with E-state index in [1.807, 2.05) is 0 Å². The van der Waals surface area contributed by atoms with Crippen molar-refractivity contribution in [3.63, 3.8) is 0 Å². The lowest BCUT2D eigenvalue weighted by molar-refractivity contribution is 0.288. The molecule has 0 saturated carbocycles. The van der Waals surface area contributed by atoms with Gasteiger partial charge in [-0.15, -0.1) is 0 Å². The number of alkyl halides is 1. The first-order valence-corrected chi connectivity index (χ1v) is 27.6. The third-order valence-corrected chi connectivity index (χ3v) is 12.7. The van der Waals surface area contributed by atoms with Gasteiger partial charge in [0.15, 0.2) is 0 Å². The van der Waals surface area contributed by atoms with E-state index in [0.717, 1.165) is 50.3 Å². The minimum absolute atomic E-state index is 0.293. The Bertz CT molecular complexity index is 1500. The largest absolute Gasteiger partial charge is 0.396 e. The Morgan fingerprint density at radius 3 is 0.636 bits per heavy atom. The fraction of sp³-hybridized carbons (Fsp3) is 0.625. The zero-order valence-corrected chi connectivity index (χ0v) is 47.7. The number of hydrogen-bond acceptors (Lipinski definition) is 1. The molecule has 66 heavy (non-hydrogen) atoms. The molecule has 376 valence electrons. The number of aliphatic hydroxyl groups is 1. The summed E-state index contributed by atoms with van der Waals surface area (Å²) in [6.45, 7) is 31.6. The monoisotopic (exact) mass is 971 g/mol. The highest BCUT2D eigenvalue weighted by atomic mass is 79.9. The lowest BCUT2D eigenvalue weighted by Gasteiger charge is -2.03. The molecular formula is C64H107BrO. The van der Waals surface area contributed by atoms with Crippen LogP contribution in [0.4, 0.5) is 0 Å². The normalized spacial score (nSPS) is 14.1. The zero-order chi connectivity index (χ0) is 49.8. The van der Waals surface area contributed by atoms with Gasteiger partial charge >= 0.3 is 0 Å². The fourth-order valence-electron chi connectivity index (χ4n) is 7.50. The minimum Gasteiger partial charge on any atom is -0.396 e. The zero-order valence-electron chi connectivity index (χ0n) is 46.1. The molecule has 0 heterocycles. The predicted octanol–water partition coefficient (Wildman–Crippen LogP) is 22.1. The average Bonchev–Trinajstić information content (AvgIpc) is 3.25. The van der Waals surface area contributed by atoms with Crippen molar-refractivity contribution in [2.45, 2.75) is 251 Å². The van der Waals surface area contributed by atoms with Gasteiger partial charge in [-0.05, 0) is 251 Å². The fourth-order valence-corrected chi connectivity index (χ4v) is 7.78.